The van der Waals surface area contributed by atoms with Gasteiger partial charge in [0.15, 0.2) is 0 Å². The number of aromatic nitrogens is 2. The fourth-order valence-electron chi connectivity index (χ4n) is 2.53. The van der Waals surface area contributed by atoms with Crippen molar-refractivity contribution in [3.05, 3.63) is 17.5 Å². The Balaban J connectivity index is 1.76. The van der Waals surface area contributed by atoms with Crippen molar-refractivity contribution in [2.45, 2.75) is 25.5 Å². The average Bonchev–Trinajstić information content (AvgIpc) is 2.99. The molecule has 0 aromatic carbocycles. The van der Waals surface area contributed by atoms with Gasteiger partial charge in [0.05, 0.1) is 23.9 Å². The van der Waals surface area contributed by atoms with Crippen LogP contribution in [0.25, 0.3) is 0 Å². The van der Waals surface area contributed by atoms with Gasteiger partial charge in [-0.15, -0.1) is 0 Å². The number of nitrogens with zero attached hydrogens (tertiary/aromatic N) is 4. The van der Waals surface area contributed by atoms with Gasteiger partial charge in [-0.2, -0.15) is 0 Å². The maximum absolute atomic E-state index is 12.2. The van der Waals surface area contributed by atoms with Gasteiger partial charge in [-0.25, -0.2) is 9.97 Å². The summed E-state index contributed by atoms with van der Waals surface area (Å²) >= 11 is 0. The molecular formula is C13H18N4O2. The molecule has 0 radical (unpaired) electrons. The van der Waals surface area contributed by atoms with Gasteiger partial charge in [-0.05, 0) is 12.8 Å². The van der Waals surface area contributed by atoms with Crippen molar-refractivity contribution in [1.29, 1.82) is 0 Å². The van der Waals surface area contributed by atoms with Gasteiger partial charge >= 0.3 is 0 Å². The highest BCUT2D eigenvalue weighted by Crippen LogP contribution is 2.24. The van der Waals surface area contributed by atoms with E-state index in [1.807, 2.05) is 23.9 Å². The van der Waals surface area contributed by atoms with Gasteiger partial charge in [-0.1, -0.05) is 0 Å². The van der Waals surface area contributed by atoms with Crippen LogP contribution in [-0.4, -0.2) is 54.1 Å². The molecule has 0 N–H and O–H groups in total. The fourth-order valence-corrected chi connectivity index (χ4v) is 2.53. The second-order valence-electron chi connectivity index (χ2n) is 5.25. The number of ether oxygens (including phenoxy) is 1. The van der Waals surface area contributed by atoms with Crippen LogP contribution in [0.3, 0.4) is 0 Å². The molecule has 0 bridgehead atoms. The number of carbonyl (C=O) groups is 1. The lowest BCUT2D eigenvalue weighted by Gasteiger charge is -2.19. The minimum Gasteiger partial charge on any atom is -0.376 e. The smallest absolute Gasteiger partial charge is 0.257 e. The molecule has 6 heteroatoms. The third kappa shape index (κ3) is 2.28. The van der Waals surface area contributed by atoms with Crippen LogP contribution in [0.15, 0.2) is 6.20 Å². The van der Waals surface area contributed by atoms with Gasteiger partial charge in [0.2, 0.25) is 5.95 Å². The lowest BCUT2D eigenvalue weighted by Crippen LogP contribution is -2.32. The zero-order chi connectivity index (χ0) is 13.4. The highest BCUT2D eigenvalue weighted by atomic mass is 16.5. The van der Waals surface area contributed by atoms with E-state index in [2.05, 4.69) is 9.97 Å². The fraction of sp³-hybridized carbons (Fsp3) is 0.615. The van der Waals surface area contributed by atoms with Gasteiger partial charge in [-0.3, -0.25) is 4.79 Å². The zero-order valence-corrected chi connectivity index (χ0v) is 11.3. The monoisotopic (exact) mass is 262 g/mol. The van der Waals surface area contributed by atoms with Gasteiger partial charge in [0.1, 0.15) is 0 Å². The molecule has 1 fully saturated rings. The minimum absolute atomic E-state index is 0.0239. The lowest BCUT2D eigenvalue weighted by atomic mass is 10.2. The molecule has 1 saturated heterocycles. The van der Waals surface area contributed by atoms with E-state index in [-0.39, 0.29) is 12.0 Å². The van der Waals surface area contributed by atoms with Crippen LogP contribution in [0.2, 0.25) is 0 Å². The zero-order valence-electron chi connectivity index (χ0n) is 11.3. The third-order valence-electron chi connectivity index (χ3n) is 3.56. The summed E-state index contributed by atoms with van der Waals surface area (Å²) in [6.45, 7) is 2.04. The second-order valence-corrected chi connectivity index (χ2v) is 5.25. The molecule has 6 nitrogen and oxygen atoms in total. The Morgan fingerprint density at radius 3 is 3.05 bits per heavy atom. The number of rotatable bonds is 3. The molecule has 3 heterocycles. The molecule has 19 heavy (non-hydrogen) atoms. The molecule has 2 aliphatic heterocycles. The molecule has 0 aliphatic carbocycles. The van der Waals surface area contributed by atoms with Gasteiger partial charge < -0.3 is 14.5 Å². The van der Waals surface area contributed by atoms with Crippen molar-refractivity contribution in [1.82, 2.24) is 14.9 Å². The highest BCUT2D eigenvalue weighted by molar-refractivity contribution is 5.97. The summed E-state index contributed by atoms with van der Waals surface area (Å²) < 4.78 is 5.59. The van der Waals surface area contributed by atoms with Crippen LogP contribution < -0.4 is 4.90 Å². The van der Waals surface area contributed by atoms with E-state index in [9.17, 15) is 4.79 Å². The topological polar surface area (TPSA) is 58.6 Å². The summed E-state index contributed by atoms with van der Waals surface area (Å²) in [4.78, 5) is 24.5. The first kappa shape index (κ1) is 12.3. The van der Waals surface area contributed by atoms with Crippen LogP contribution in [0, 0.1) is 0 Å². The molecule has 0 unspecified atom stereocenters. The summed E-state index contributed by atoms with van der Waals surface area (Å²) in [7, 11) is 3.78. The second kappa shape index (κ2) is 4.77. The predicted molar refractivity (Wildman–Crippen MR) is 70.1 cm³/mol. The van der Waals surface area contributed by atoms with E-state index in [4.69, 9.17) is 4.74 Å². The number of carbonyl (C=O) groups excluding carboxylic acids is 1. The normalized spacial score (nSPS) is 21.9. The first-order valence-electron chi connectivity index (χ1n) is 6.59. The maximum Gasteiger partial charge on any atom is 0.257 e. The van der Waals surface area contributed by atoms with Crippen molar-refractivity contribution >= 4 is 11.9 Å². The molecule has 102 valence electrons. The van der Waals surface area contributed by atoms with Crippen LogP contribution in [0.1, 0.15) is 28.9 Å². The van der Waals surface area contributed by atoms with Gasteiger partial charge in [0.25, 0.3) is 5.91 Å². The van der Waals surface area contributed by atoms with E-state index in [1.165, 1.54) is 0 Å². The molecule has 0 spiro atoms. The summed E-state index contributed by atoms with van der Waals surface area (Å²) in [5.74, 6) is 0.668. The SMILES string of the molecule is CN(C)c1ncc2c(n1)CN(C[C@H]1CCCO1)C2=O. The Bertz CT molecular complexity index is 497. The molecule has 1 atom stereocenters. The number of amides is 1. The van der Waals surface area contributed by atoms with E-state index in [1.54, 1.807) is 6.20 Å². The highest BCUT2D eigenvalue weighted by Gasteiger charge is 2.32. The Morgan fingerprint density at radius 2 is 2.37 bits per heavy atom. The summed E-state index contributed by atoms with van der Waals surface area (Å²) in [5.41, 5.74) is 1.45. The number of hydrogen-bond donors (Lipinski definition) is 0. The van der Waals surface area contributed by atoms with Crippen LogP contribution >= 0.6 is 0 Å². The Labute approximate surface area is 112 Å². The molecule has 3 rings (SSSR count). The number of anilines is 1. The van der Waals surface area contributed by atoms with E-state index in [0.717, 1.165) is 25.1 Å². The number of hydrogen-bond acceptors (Lipinski definition) is 5. The maximum atomic E-state index is 12.2. The van der Waals surface area contributed by atoms with Gasteiger partial charge in [0, 0.05) is 33.4 Å². The van der Waals surface area contributed by atoms with E-state index in [0.29, 0.717) is 24.6 Å². The van der Waals surface area contributed by atoms with Crippen molar-refractivity contribution in [2.24, 2.45) is 0 Å². The van der Waals surface area contributed by atoms with Crippen LogP contribution in [-0.2, 0) is 11.3 Å². The molecule has 1 amide bonds. The van der Waals surface area contributed by atoms with Crippen LogP contribution in [0.5, 0.6) is 0 Å². The molecule has 1 aromatic heterocycles. The largest absolute Gasteiger partial charge is 0.376 e. The molecule has 0 saturated carbocycles. The van der Waals surface area contributed by atoms with E-state index < -0.39 is 0 Å². The van der Waals surface area contributed by atoms with Crippen molar-refractivity contribution in [3.63, 3.8) is 0 Å². The van der Waals surface area contributed by atoms with E-state index >= 15 is 0 Å². The van der Waals surface area contributed by atoms with Crippen molar-refractivity contribution in [3.8, 4) is 0 Å². The lowest BCUT2D eigenvalue weighted by molar-refractivity contribution is 0.0544. The minimum atomic E-state index is 0.0239. The molecule has 2 aliphatic rings. The third-order valence-corrected chi connectivity index (χ3v) is 3.56. The molecule has 1 aromatic rings. The standard InChI is InChI=1S/C13H18N4O2/c1-16(2)13-14-6-10-11(15-13)8-17(12(10)18)7-9-4-3-5-19-9/h6,9H,3-5,7-8H2,1-2H3/t9-/m1/s1. The Kier molecular flexibility index (Phi) is 3.10. The molecular weight excluding hydrogens is 244 g/mol. The Hall–Kier alpha value is -1.69. The van der Waals surface area contributed by atoms with Crippen molar-refractivity contribution < 1.29 is 9.53 Å². The Morgan fingerprint density at radius 1 is 1.53 bits per heavy atom. The quantitative estimate of drug-likeness (QED) is 0.801. The first-order chi connectivity index (χ1) is 9.15. The predicted octanol–water partition coefficient (Wildman–Crippen LogP) is 0.677. The summed E-state index contributed by atoms with van der Waals surface area (Å²) in [6.07, 6.45) is 3.94. The van der Waals surface area contributed by atoms with Crippen LogP contribution in [0.4, 0.5) is 5.95 Å². The first-order valence-corrected chi connectivity index (χ1v) is 6.59. The summed E-state index contributed by atoms with van der Waals surface area (Å²) in [6, 6.07) is 0. The average molecular weight is 262 g/mol. The number of fused-ring (bicyclic) bond motifs is 1. The van der Waals surface area contributed by atoms with Crippen molar-refractivity contribution in [2.75, 3.05) is 32.1 Å². The summed E-state index contributed by atoms with van der Waals surface area (Å²) in [5, 5.41) is 0.